The van der Waals surface area contributed by atoms with E-state index in [9.17, 15) is 0 Å². The Morgan fingerprint density at radius 3 is 2.73 bits per heavy atom. The average molecular weight is 204 g/mol. The van der Waals surface area contributed by atoms with Crippen LogP contribution >= 0.6 is 0 Å². The Hall–Kier alpha value is -1.68. The summed E-state index contributed by atoms with van der Waals surface area (Å²) in [6.07, 6.45) is 1.61. The lowest BCUT2D eigenvalue weighted by molar-refractivity contribution is 0.276. The van der Waals surface area contributed by atoms with Crippen LogP contribution in [0, 0.1) is 13.8 Å². The van der Waals surface area contributed by atoms with E-state index in [1.807, 2.05) is 19.9 Å². The third-order valence-corrected chi connectivity index (χ3v) is 2.13. The summed E-state index contributed by atoms with van der Waals surface area (Å²) in [4.78, 5) is 8.47. The fourth-order valence-corrected chi connectivity index (χ4v) is 1.42. The Labute approximate surface area is 87.6 Å². The monoisotopic (exact) mass is 204 g/mol. The molecular formula is C11H12N2O2. The van der Waals surface area contributed by atoms with E-state index < -0.39 is 0 Å². The van der Waals surface area contributed by atoms with Crippen LogP contribution in [0.2, 0.25) is 0 Å². The molecule has 0 spiro atoms. The molecule has 0 radical (unpaired) electrons. The van der Waals surface area contributed by atoms with E-state index >= 15 is 0 Å². The zero-order valence-electron chi connectivity index (χ0n) is 8.69. The van der Waals surface area contributed by atoms with Crippen molar-refractivity contribution in [3.05, 3.63) is 35.3 Å². The molecule has 2 aromatic heterocycles. The third-order valence-electron chi connectivity index (χ3n) is 2.13. The van der Waals surface area contributed by atoms with Crippen molar-refractivity contribution in [2.75, 3.05) is 0 Å². The van der Waals surface area contributed by atoms with Crippen LogP contribution in [-0.4, -0.2) is 15.1 Å². The first-order valence-corrected chi connectivity index (χ1v) is 4.70. The fraction of sp³-hybridized carbons (Fsp3) is 0.273. The van der Waals surface area contributed by atoms with Gasteiger partial charge in [0.1, 0.15) is 0 Å². The molecule has 1 N–H and O–H groups in total. The lowest BCUT2D eigenvalue weighted by atomic mass is 10.2. The van der Waals surface area contributed by atoms with Crippen LogP contribution in [0.15, 0.2) is 22.8 Å². The molecule has 0 fully saturated rings. The van der Waals surface area contributed by atoms with Gasteiger partial charge in [0.05, 0.1) is 18.6 Å². The van der Waals surface area contributed by atoms with Gasteiger partial charge in [0, 0.05) is 5.69 Å². The second-order valence-electron chi connectivity index (χ2n) is 3.42. The summed E-state index contributed by atoms with van der Waals surface area (Å²) in [5, 5.41) is 9.03. The second kappa shape index (κ2) is 3.82. The van der Waals surface area contributed by atoms with Gasteiger partial charge in [-0.1, -0.05) is 0 Å². The summed E-state index contributed by atoms with van der Waals surface area (Å²) in [6.45, 7) is 3.71. The molecule has 0 aliphatic heterocycles. The van der Waals surface area contributed by atoms with Crippen molar-refractivity contribution in [1.29, 1.82) is 0 Å². The molecule has 78 valence electrons. The molecule has 15 heavy (non-hydrogen) atoms. The summed E-state index contributed by atoms with van der Waals surface area (Å²) < 4.78 is 5.30. The van der Waals surface area contributed by atoms with Crippen molar-refractivity contribution in [3.63, 3.8) is 0 Å². The van der Waals surface area contributed by atoms with E-state index in [-0.39, 0.29) is 6.61 Å². The van der Waals surface area contributed by atoms with E-state index in [4.69, 9.17) is 9.52 Å². The Morgan fingerprint density at radius 2 is 2.13 bits per heavy atom. The van der Waals surface area contributed by atoms with Crippen molar-refractivity contribution < 1.29 is 9.52 Å². The highest BCUT2D eigenvalue weighted by molar-refractivity contribution is 5.52. The fourth-order valence-electron chi connectivity index (χ4n) is 1.42. The van der Waals surface area contributed by atoms with E-state index in [1.165, 1.54) is 0 Å². The van der Waals surface area contributed by atoms with Gasteiger partial charge < -0.3 is 9.52 Å². The maximum Gasteiger partial charge on any atom is 0.196 e. The normalized spacial score (nSPS) is 10.6. The summed E-state index contributed by atoms with van der Waals surface area (Å²) in [6, 6.07) is 3.61. The van der Waals surface area contributed by atoms with Crippen molar-refractivity contribution >= 4 is 0 Å². The topological polar surface area (TPSA) is 59.2 Å². The molecule has 0 saturated carbocycles. The quantitative estimate of drug-likeness (QED) is 0.810. The number of nitrogens with zero attached hydrogens (tertiary/aromatic N) is 2. The Balaban J connectivity index is 2.53. The molecule has 4 heteroatoms. The summed E-state index contributed by atoms with van der Waals surface area (Å²) in [5.41, 5.74) is 2.41. The van der Waals surface area contributed by atoms with Crippen molar-refractivity contribution in [2.45, 2.75) is 20.5 Å². The molecule has 0 aliphatic carbocycles. The van der Waals surface area contributed by atoms with Crippen LogP contribution in [0.3, 0.4) is 0 Å². The first-order valence-electron chi connectivity index (χ1n) is 4.70. The number of aliphatic hydroxyl groups excluding tert-OH is 1. The zero-order valence-corrected chi connectivity index (χ0v) is 8.69. The minimum absolute atomic E-state index is 0.0872. The minimum atomic E-state index is -0.0872. The van der Waals surface area contributed by atoms with E-state index in [2.05, 4.69) is 9.97 Å². The largest absolute Gasteiger partial charge is 0.461 e. The molecule has 0 bridgehead atoms. The number of hydrogen-bond donors (Lipinski definition) is 1. The van der Waals surface area contributed by atoms with Crippen LogP contribution in [0.4, 0.5) is 0 Å². The second-order valence-corrected chi connectivity index (χ2v) is 3.42. The molecule has 0 saturated heterocycles. The summed E-state index contributed by atoms with van der Waals surface area (Å²) >= 11 is 0. The molecule has 0 unspecified atom stereocenters. The Kier molecular flexibility index (Phi) is 2.51. The number of rotatable bonds is 2. The van der Waals surface area contributed by atoms with Gasteiger partial charge >= 0.3 is 0 Å². The van der Waals surface area contributed by atoms with Gasteiger partial charge in [0.25, 0.3) is 0 Å². The SMILES string of the molecule is Cc1cc(CO)nc(-c2occc2C)n1. The highest BCUT2D eigenvalue weighted by atomic mass is 16.3. The molecule has 0 amide bonds. The number of aliphatic hydroxyl groups is 1. The lowest BCUT2D eigenvalue weighted by Crippen LogP contribution is -1.97. The number of aryl methyl sites for hydroxylation is 2. The van der Waals surface area contributed by atoms with Crippen LogP contribution in [0.5, 0.6) is 0 Å². The lowest BCUT2D eigenvalue weighted by Gasteiger charge is -2.02. The zero-order chi connectivity index (χ0) is 10.8. The number of aromatic nitrogens is 2. The predicted molar refractivity (Wildman–Crippen MR) is 55.1 cm³/mol. The molecule has 0 aliphatic rings. The number of furan rings is 1. The maximum atomic E-state index is 9.03. The molecule has 0 atom stereocenters. The van der Waals surface area contributed by atoms with Crippen LogP contribution < -0.4 is 0 Å². The molecule has 0 aromatic carbocycles. The predicted octanol–water partition coefficient (Wildman–Crippen LogP) is 1.85. The van der Waals surface area contributed by atoms with Crippen LogP contribution in [0.1, 0.15) is 17.0 Å². The van der Waals surface area contributed by atoms with Crippen molar-refractivity contribution in [1.82, 2.24) is 9.97 Å². The molecule has 2 aromatic rings. The average Bonchev–Trinajstić information content (AvgIpc) is 2.63. The van der Waals surface area contributed by atoms with Gasteiger partial charge in [-0.2, -0.15) is 0 Å². The summed E-state index contributed by atoms with van der Waals surface area (Å²) in [5.74, 6) is 1.19. The smallest absolute Gasteiger partial charge is 0.196 e. The maximum absolute atomic E-state index is 9.03. The highest BCUT2D eigenvalue weighted by Crippen LogP contribution is 2.21. The summed E-state index contributed by atoms with van der Waals surface area (Å²) in [7, 11) is 0. The van der Waals surface area contributed by atoms with Gasteiger partial charge in [-0.25, -0.2) is 9.97 Å². The van der Waals surface area contributed by atoms with Gasteiger partial charge in [-0.3, -0.25) is 0 Å². The van der Waals surface area contributed by atoms with Gasteiger partial charge in [0.15, 0.2) is 11.6 Å². The molecule has 4 nitrogen and oxygen atoms in total. The minimum Gasteiger partial charge on any atom is -0.461 e. The first kappa shape index (κ1) is 9.86. The van der Waals surface area contributed by atoms with Crippen molar-refractivity contribution in [3.8, 4) is 11.6 Å². The van der Waals surface area contributed by atoms with Gasteiger partial charge in [0.2, 0.25) is 0 Å². The first-order chi connectivity index (χ1) is 7.20. The molecule has 2 rings (SSSR count). The Morgan fingerprint density at radius 1 is 1.33 bits per heavy atom. The van der Waals surface area contributed by atoms with Gasteiger partial charge in [-0.15, -0.1) is 0 Å². The molecule has 2 heterocycles. The van der Waals surface area contributed by atoms with Crippen LogP contribution in [0.25, 0.3) is 11.6 Å². The van der Waals surface area contributed by atoms with Crippen LogP contribution in [-0.2, 0) is 6.61 Å². The third kappa shape index (κ3) is 1.89. The van der Waals surface area contributed by atoms with E-state index in [0.717, 1.165) is 11.3 Å². The van der Waals surface area contributed by atoms with E-state index in [1.54, 1.807) is 12.3 Å². The van der Waals surface area contributed by atoms with E-state index in [0.29, 0.717) is 17.3 Å². The standard InChI is InChI=1S/C11H12N2O2/c1-7-3-4-15-10(7)11-12-8(2)5-9(6-14)13-11/h3-5,14H,6H2,1-2H3. The van der Waals surface area contributed by atoms with Gasteiger partial charge in [-0.05, 0) is 31.5 Å². The number of hydrogen-bond acceptors (Lipinski definition) is 4. The molecular weight excluding hydrogens is 192 g/mol. The highest BCUT2D eigenvalue weighted by Gasteiger charge is 2.10. The van der Waals surface area contributed by atoms with Crippen molar-refractivity contribution in [2.24, 2.45) is 0 Å². The Bertz CT molecular complexity index is 477.